The van der Waals surface area contributed by atoms with E-state index in [-0.39, 0.29) is 17.6 Å². The van der Waals surface area contributed by atoms with Gasteiger partial charge in [0.1, 0.15) is 5.75 Å². The van der Waals surface area contributed by atoms with E-state index in [4.69, 9.17) is 9.26 Å². The minimum Gasteiger partial charge on any atom is -0.497 e. The van der Waals surface area contributed by atoms with E-state index < -0.39 is 0 Å². The molecule has 3 rings (SSSR count). The summed E-state index contributed by atoms with van der Waals surface area (Å²) in [6, 6.07) is 15.6. The van der Waals surface area contributed by atoms with E-state index >= 15 is 0 Å². The number of benzene rings is 2. The molecule has 1 N–H and O–H groups in total. The molecule has 0 radical (unpaired) electrons. The van der Waals surface area contributed by atoms with Gasteiger partial charge in [0.15, 0.2) is 11.5 Å². The molecule has 6 heteroatoms. The lowest BCUT2D eigenvalue weighted by Crippen LogP contribution is -2.34. The van der Waals surface area contributed by atoms with Crippen molar-refractivity contribution in [1.29, 1.82) is 0 Å². The second-order valence-electron chi connectivity index (χ2n) is 7.34. The highest BCUT2D eigenvalue weighted by Gasteiger charge is 2.18. The summed E-state index contributed by atoms with van der Waals surface area (Å²) >= 11 is 0. The van der Waals surface area contributed by atoms with Crippen LogP contribution in [0.2, 0.25) is 0 Å². The first kappa shape index (κ1) is 20.6. The molecule has 1 heterocycles. The van der Waals surface area contributed by atoms with Gasteiger partial charge < -0.3 is 19.5 Å². The zero-order valence-electron chi connectivity index (χ0n) is 17.5. The smallest absolute Gasteiger partial charge is 0.273 e. The molecule has 152 valence electrons. The summed E-state index contributed by atoms with van der Waals surface area (Å²) in [7, 11) is 5.60. The maximum absolute atomic E-state index is 12.6. The molecule has 0 fully saturated rings. The lowest BCUT2D eigenvalue weighted by atomic mass is 10.0. The van der Waals surface area contributed by atoms with Crippen LogP contribution in [0.15, 0.2) is 53.1 Å². The summed E-state index contributed by atoms with van der Waals surface area (Å²) in [6.45, 7) is 4.55. The van der Waals surface area contributed by atoms with Gasteiger partial charge in [0.2, 0.25) is 0 Å². The molecule has 0 spiro atoms. The standard InChI is InChI=1S/C23H27N3O3/c1-15-6-7-18(12-16(15)2)22-13-20(25-29-22)23(27)24-14-21(26(3)4)17-8-10-19(28-5)11-9-17/h6-13,21H,14H2,1-5H3,(H,24,27)/t21-/m0/s1. The summed E-state index contributed by atoms with van der Waals surface area (Å²) in [4.78, 5) is 14.7. The van der Waals surface area contributed by atoms with Crippen LogP contribution in [0.1, 0.15) is 33.2 Å². The van der Waals surface area contributed by atoms with Crippen LogP contribution in [0, 0.1) is 13.8 Å². The first-order chi connectivity index (χ1) is 13.9. The Morgan fingerprint density at radius 1 is 1.10 bits per heavy atom. The summed E-state index contributed by atoms with van der Waals surface area (Å²) in [5.41, 5.74) is 4.64. The summed E-state index contributed by atoms with van der Waals surface area (Å²) in [6.07, 6.45) is 0. The molecule has 0 aliphatic heterocycles. The summed E-state index contributed by atoms with van der Waals surface area (Å²) in [5.74, 6) is 1.12. The van der Waals surface area contributed by atoms with Crippen molar-refractivity contribution in [3.05, 3.63) is 70.9 Å². The quantitative estimate of drug-likeness (QED) is 0.657. The lowest BCUT2D eigenvalue weighted by Gasteiger charge is -2.25. The predicted octanol–water partition coefficient (Wildman–Crippen LogP) is 4.00. The lowest BCUT2D eigenvalue weighted by molar-refractivity contribution is 0.0933. The Morgan fingerprint density at radius 3 is 2.45 bits per heavy atom. The Kier molecular flexibility index (Phi) is 6.34. The van der Waals surface area contributed by atoms with Gasteiger partial charge in [0.05, 0.1) is 13.2 Å². The van der Waals surface area contributed by atoms with Crippen LogP contribution in [0.3, 0.4) is 0 Å². The molecule has 1 amide bonds. The largest absolute Gasteiger partial charge is 0.497 e. The summed E-state index contributed by atoms with van der Waals surface area (Å²) in [5, 5.41) is 6.90. The minimum atomic E-state index is -0.260. The third-order valence-electron chi connectivity index (χ3n) is 5.11. The molecule has 2 aromatic carbocycles. The van der Waals surface area contributed by atoms with Crippen molar-refractivity contribution < 1.29 is 14.1 Å². The molecule has 1 atom stereocenters. The van der Waals surface area contributed by atoms with E-state index in [1.165, 1.54) is 11.1 Å². The fraction of sp³-hybridized carbons (Fsp3) is 0.304. The second kappa shape index (κ2) is 8.92. The molecule has 0 unspecified atom stereocenters. The highest BCUT2D eigenvalue weighted by molar-refractivity contribution is 5.93. The van der Waals surface area contributed by atoms with E-state index in [0.717, 1.165) is 16.9 Å². The normalized spacial score (nSPS) is 12.1. The minimum absolute atomic E-state index is 0.0241. The Labute approximate surface area is 171 Å². The average molecular weight is 393 g/mol. The zero-order valence-corrected chi connectivity index (χ0v) is 17.5. The van der Waals surface area contributed by atoms with Crippen molar-refractivity contribution >= 4 is 5.91 Å². The molecule has 0 aliphatic rings. The molecule has 6 nitrogen and oxygen atoms in total. The Hall–Kier alpha value is -3.12. The zero-order chi connectivity index (χ0) is 21.0. The van der Waals surface area contributed by atoms with Crippen molar-refractivity contribution in [1.82, 2.24) is 15.4 Å². The van der Waals surface area contributed by atoms with E-state index in [1.54, 1.807) is 13.2 Å². The Morgan fingerprint density at radius 2 is 1.83 bits per heavy atom. The van der Waals surface area contributed by atoms with Gasteiger partial charge in [0.25, 0.3) is 5.91 Å². The number of ether oxygens (including phenoxy) is 1. The number of aryl methyl sites for hydroxylation is 2. The number of hydrogen-bond donors (Lipinski definition) is 1. The first-order valence-electron chi connectivity index (χ1n) is 9.52. The van der Waals surface area contributed by atoms with Gasteiger partial charge in [-0.05, 0) is 62.8 Å². The number of nitrogens with zero attached hydrogens (tertiary/aromatic N) is 2. The van der Waals surface area contributed by atoms with Crippen molar-refractivity contribution in [3.8, 4) is 17.1 Å². The van der Waals surface area contributed by atoms with E-state index in [1.807, 2.05) is 63.5 Å². The molecule has 0 saturated heterocycles. The fourth-order valence-electron chi connectivity index (χ4n) is 3.12. The monoisotopic (exact) mass is 393 g/mol. The van der Waals surface area contributed by atoms with Gasteiger partial charge in [-0.2, -0.15) is 0 Å². The number of hydrogen-bond acceptors (Lipinski definition) is 5. The fourth-order valence-corrected chi connectivity index (χ4v) is 3.12. The third kappa shape index (κ3) is 4.84. The molecule has 0 saturated carbocycles. The highest BCUT2D eigenvalue weighted by atomic mass is 16.5. The first-order valence-corrected chi connectivity index (χ1v) is 9.52. The number of amides is 1. The van der Waals surface area contributed by atoms with Gasteiger partial charge in [-0.25, -0.2) is 0 Å². The van der Waals surface area contributed by atoms with E-state index in [2.05, 4.69) is 22.3 Å². The Balaban J connectivity index is 1.69. The summed E-state index contributed by atoms with van der Waals surface area (Å²) < 4.78 is 10.6. The number of carbonyl (C=O) groups excluding carboxylic acids is 1. The highest BCUT2D eigenvalue weighted by Crippen LogP contribution is 2.24. The Bertz CT molecular complexity index is 977. The molecule has 29 heavy (non-hydrogen) atoms. The van der Waals surface area contributed by atoms with Gasteiger partial charge in [-0.3, -0.25) is 4.79 Å². The van der Waals surface area contributed by atoms with E-state index in [9.17, 15) is 4.79 Å². The van der Waals surface area contributed by atoms with Gasteiger partial charge in [0, 0.05) is 18.2 Å². The number of carbonyl (C=O) groups is 1. The van der Waals surface area contributed by atoms with Crippen LogP contribution in [-0.2, 0) is 0 Å². The van der Waals surface area contributed by atoms with Crippen molar-refractivity contribution in [2.75, 3.05) is 27.7 Å². The topological polar surface area (TPSA) is 67.6 Å². The van der Waals surface area contributed by atoms with Gasteiger partial charge in [-0.15, -0.1) is 0 Å². The number of likely N-dealkylation sites (N-methyl/N-ethyl adjacent to an activating group) is 1. The van der Waals surface area contributed by atoms with Crippen LogP contribution < -0.4 is 10.1 Å². The van der Waals surface area contributed by atoms with Crippen LogP contribution in [0.4, 0.5) is 0 Å². The van der Waals surface area contributed by atoms with Gasteiger partial charge in [-0.1, -0.05) is 29.4 Å². The number of methoxy groups -OCH3 is 1. The molecule has 3 aromatic rings. The molecule has 0 aliphatic carbocycles. The molecular weight excluding hydrogens is 366 g/mol. The molecular formula is C23H27N3O3. The SMILES string of the molecule is COc1ccc([C@H](CNC(=O)c2cc(-c3ccc(C)c(C)c3)on2)N(C)C)cc1. The number of aromatic nitrogens is 1. The molecule has 1 aromatic heterocycles. The van der Waals surface area contributed by atoms with Crippen molar-refractivity contribution in [2.24, 2.45) is 0 Å². The van der Waals surface area contributed by atoms with E-state index in [0.29, 0.717) is 12.3 Å². The number of nitrogens with one attached hydrogen (secondary N) is 1. The third-order valence-corrected chi connectivity index (χ3v) is 5.11. The van der Waals surface area contributed by atoms with Crippen molar-refractivity contribution in [2.45, 2.75) is 19.9 Å². The van der Waals surface area contributed by atoms with Crippen molar-refractivity contribution in [3.63, 3.8) is 0 Å². The van der Waals surface area contributed by atoms with Crippen LogP contribution in [-0.4, -0.2) is 43.7 Å². The number of rotatable bonds is 7. The maximum Gasteiger partial charge on any atom is 0.273 e. The van der Waals surface area contributed by atoms with Gasteiger partial charge >= 0.3 is 0 Å². The predicted molar refractivity (Wildman–Crippen MR) is 113 cm³/mol. The maximum atomic E-state index is 12.6. The van der Waals surface area contributed by atoms with Crippen LogP contribution in [0.5, 0.6) is 5.75 Å². The van der Waals surface area contributed by atoms with Crippen LogP contribution >= 0.6 is 0 Å². The second-order valence-corrected chi connectivity index (χ2v) is 7.34. The molecule has 0 bridgehead atoms. The average Bonchev–Trinajstić information content (AvgIpc) is 3.20. The van der Waals surface area contributed by atoms with Crippen LogP contribution in [0.25, 0.3) is 11.3 Å².